The molecule has 0 N–H and O–H groups in total. The summed E-state index contributed by atoms with van der Waals surface area (Å²) in [6.45, 7) is 6.50. The topological polar surface area (TPSA) is 72.9 Å². The van der Waals surface area contributed by atoms with Gasteiger partial charge in [-0.1, -0.05) is 15.9 Å². The zero-order chi connectivity index (χ0) is 15.2. The lowest BCUT2D eigenvalue weighted by Gasteiger charge is -2.41. The molecular formula is C12H16BrNO5S. The summed E-state index contributed by atoms with van der Waals surface area (Å²) in [5.41, 5.74) is 0. The molecule has 2 aliphatic heterocycles. The van der Waals surface area contributed by atoms with Crippen molar-refractivity contribution in [2.75, 3.05) is 0 Å². The highest BCUT2D eigenvalue weighted by atomic mass is 79.9. The van der Waals surface area contributed by atoms with Crippen LogP contribution < -0.4 is 0 Å². The van der Waals surface area contributed by atoms with E-state index in [9.17, 15) is 14.4 Å². The Morgan fingerprint density at radius 2 is 2.00 bits per heavy atom. The van der Waals surface area contributed by atoms with E-state index in [1.807, 2.05) is 13.8 Å². The number of carbonyl (C=O) groups excluding carboxylic acids is 3. The lowest BCUT2D eigenvalue weighted by Crippen LogP contribution is -2.63. The summed E-state index contributed by atoms with van der Waals surface area (Å²) in [6.07, 6.45) is -0.962. The van der Waals surface area contributed by atoms with Crippen LogP contribution in [0.3, 0.4) is 0 Å². The van der Waals surface area contributed by atoms with Crippen LogP contribution in [-0.4, -0.2) is 50.0 Å². The Morgan fingerprint density at radius 3 is 2.55 bits per heavy atom. The smallest absolute Gasteiger partial charge is 0.333 e. The third-order valence-electron chi connectivity index (χ3n) is 3.21. The highest BCUT2D eigenvalue weighted by Gasteiger charge is 2.63. The van der Waals surface area contributed by atoms with Gasteiger partial charge in [0.25, 0.3) is 0 Å². The van der Waals surface area contributed by atoms with E-state index in [0.29, 0.717) is 0 Å². The Kier molecular flexibility index (Phi) is 4.07. The van der Waals surface area contributed by atoms with E-state index in [2.05, 4.69) is 15.9 Å². The normalized spacial score (nSPS) is 32.1. The fourth-order valence-electron chi connectivity index (χ4n) is 2.43. The number of carbonyl (C=O) groups is 3. The minimum Gasteiger partial charge on any atom is -0.426 e. The minimum absolute atomic E-state index is 0.0564. The lowest BCUT2D eigenvalue weighted by atomic mass is 9.98. The van der Waals surface area contributed by atoms with Gasteiger partial charge < -0.3 is 14.4 Å². The number of halogens is 1. The van der Waals surface area contributed by atoms with Gasteiger partial charge in [-0.25, -0.2) is 4.79 Å². The number of alkyl halides is 1. The van der Waals surface area contributed by atoms with Gasteiger partial charge in [0.05, 0.1) is 0 Å². The zero-order valence-electron chi connectivity index (χ0n) is 11.6. The Hall–Kier alpha value is -0.760. The van der Waals surface area contributed by atoms with Gasteiger partial charge in [-0.3, -0.25) is 9.59 Å². The first kappa shape index (κ1) is 15.6. The first-order valence-electron chi connectivity index (χ1n) is 6.17. The van der Waals surface area contributed by atoms with Crippen LogP contribution in [0.5, 0.6) is 0 Å². The summed E-state index contributed by atoms with van der Waals surface area (Å²) in [5, 5.41) is -0.0564. The number of hydrogen-bond donors (Lipinski definition) is 0. The SMILES string of the molecule is CC(=O)OC(C)OC(=O)[C@@H]1N2C(=O)[C@@H](Br)[C@H]2SC1(C)C. The molecule has 2 heterocycles. The van der Waals surface area contributed by atoms with Crippen molar-refractivity contribution < 1.29 is 23.9 Å². The number of amides is 1. The minimum atomic E-state index is -0.962. The largest absolute Gasteiger partial charge is 0.426 e. The molecule has 0 aromatic rings. The number of hydrogen-bond acceptors (Lipinski definition) is 6. The number of esters is 2. The summed E-state index contributed by atoms with van der Waals surface area (Å²) in [5.74, 6) is -1.19. The molecule has 0 saturated carbocycles. The lowest BCUT2D eigenvalue weighted by molar-refractivity contribution is -0.189. The van der Waals surface area contributed by atoms with Gasteiger partial charge in [0.2, 0.25) is 12.2 Å². The monoisotopic (exact) mass is 365 g/mol. The Labute approximate surface area is 129 Å². The molecule has 4 atom stereocenters. The molecule has 112 valence electrons. The predicted molar refractivity (Wildman–Crippen MR) is 76.1 cm³/mol. The highest BCUT2D eigenvalue weighted by molar-refractivity contribution is 9.10. The van der Waals surface area contributed by atoms with E-state index < -0.39 is 29.0 Å². The van der Waals surface area contributed by atoms with Crippen molar-refractivity contribution in [3.63, 3.8) is 0 Å². The number of β-lactam (4-membered cyclic amide) rings is 1. The number of nitrogens with zero attached hydrogens (tertiary/aromatic N) is 1. The van der Waals surface area contributed by atoms with E-state index in [1.54, 1.807) is 11.8 Å². The molecule has 0 aromatic carbocycles. The molecule has 20 heavy (non-hydrogen) atoms. The summed E-state index contributed by atoms with van der Waals surface area (Å²) >= 11 is 4.87. The van der Waals surface area contributed by atoms with Crippen molar-refractivity contribution in [1.82, 2.24) is 4.90 Å². The van der Waals surface area contributed by atoms with Crippen LogP contribution in [0.2, 0.25) is 0 Å². The summed E-state index contributed by atoms with van der Waals surface area (Å²) < 4.78 is 9.44. The molecule has 2 rings (SSSR count). The molecule has 0 spiro atoms. The van der Waals surface area contributed by atoms with Crippen LogP contribution in [0.25, 0.3) is 0 Å². The Balaban J connectivity index is 2.08. The molecule has 0 bridgehead atoms. The molecule has 6 nitrogen and oxygen atoms in total. The second-order valence-electron chi connectivity index (χ2n) is 5.28. The van der Waals surface area contributed by atoms with Crippen molar-refractivity contribution in [1.29, 1.82) is 0 Å². The van der Waals surface area contributed by atoms with E-state index in [1.165, 1.54) is 18.7 Å². The number of fused-ring (bicyclic) bond motifs is 1. The van der Waals surface area contributed by atoms with E-state index in [4.69, 9.17) is 9.47 Å². The average Bonchev–Trinajstić information content (AvgIpc) is 2.56. The van der Waals surface area contributed by atoms with Crippen LogP contribution in [-0.2, 0) is 23.9 Å². The molecule has 2 aliphatic rings. The number of rotatable bonds is 3. The van der Waals surface area contributed by atoms with Crippen LogP contribution in [0.4, 0.5) is 0 Å². The molecule has 2 fully saturated rings. The predicted octanol–water partition coefficient (Wildman–Crippen LogP) is 1.26. The summed E-state index contributed by atoms with van der Waals surface area (Å²) in [7, 11) is 0. The van der Waals surface area contributed by atoms with Crippen molar-refractivity contribution in [2.45, 2.75) is 55.0 Å². The van der Waals surface area contributed by atoms with Crippen LogP contribution in [0.15, 0.2) is 0 Å². The third kappa shape index (κ3) is 2.55. The summed E-state index contributed by atoms with van der Waals surface area (Å²) in [6, 6.07) is -0.670. The van der Waals surface area contributed by atoms with E-state index >= 15 is 0 Å². The Morgan fingerprint density at radius 1 is 1.40 bits per heavy atom. The van der Waals surface area contributed by atoms with Crippen LogP contribution in [0, 0.1) is 0 Å². The average molecular weight is 366 g/mol. The molecule has 2 saturated heterocycles. The van der Waals surface area contributed by atoms with Crippen molar-refractivity contribution in [3.8, 4) is 0 Å². The maximum absolute atomic E-state index is 12.3. The highest BCUT2D eigenvalue weighted by Crippen LogP contribution is 2.52. The maximum Gasteiger partial charge on any atom is 0.333 e. The number of thioether (sulfide) groups is 1. The van der Waals surface area contributed by atoms with Gasteiger partial charge in [-0.15, -0.1) is 11.8 Å². The first-order valence-corrected chi connectivity index (χ1v) is 7.96. The first-order chi connectivity index (χ1) is 9.15. The van der Waals surface area contributed by atoms with Gasteiger partial charge in [0.1, 0.15) is 16.2 Å². The molecule has 0 radical (unpaired) electrons. The molecule has 1 amide bonds. The second kappa shape index (κ2) is 5.22. The Bertz CT molecular complexity index is 469. The molecule has 1 unspecified atom stereocenters. The van der Waals surface area contributed by atoms with Gasteiger partial charge in [0, 0.05) is 18.6 Å². The van der Waals surface area contributed by atoms with Gasteiger partial charge in [0.15, 0.2) is 0 Å². The quantitative estimate of drug-likeness (QED) is 0.324. The summed E-state index contributed by atoms with van der Waals surface area (Å²) in [4.78, 5) is 36.2. The van der Waals surface area contributed by atoms with E-state index in [-0.39, 0.29) is 16.1 Å². The van der Waals surface area contributed by atoms with Crippen molar-refractivity contribution >= 4 is 45.5 Å². The van der Waals surface area contributed by atoms with Crippen molar-refractivity contribution in [3.05, 3.63) is 0 Å². The standard InChI is InChI=1S/C12H16BrNO5S/c1-5(15)18-6(2)19-11(17)8-12(3,4)20-10-7(13)9(16)14(8)10/h6-8,10H,1-4H3/t6?,7-,8+,10-/m1/s1. The molecule has 8 heteroatoms. The van der Waals surface area contributed by atoms with Gasteiger partial charge in [-0.2, -0.15) is 0 Å². The van der Waals surface area contributed by atoms with Gasteiger partial charge in [-0.05, 0) is 13.8 Å². The maximum atomic E-state index is 12.3. The fraction of sp³-hybridized carbons (Fsp3) is 0.750. The van der Waals surface area contributed by atoms with Crippen LogP contribution >= 0.6 is 27.7 Å². The second-order valence-corrected chi connectivity index (χ2v) is 8.03. The number of ether oxygens (including phenoxy) is 2. The van der Waals surface area contributed by atoms with Crippen LogP contribution in [0.1, 0.15) is 27.7 Å². The molecule has 0 aliphatic carbocycles. The van der Waals surface area contributed by atoms with Crippen molar-refractivity contribution in [2.24, 2.45) is 0 Å². The molecular weight excluding hydrogens is 350 g/mol. The third-order valence-corrected chi connectivity index (χ3v) is 6.03. The van der Waals surface area contributed by atoms with Gasteiger partial charge >= 0.3 is 11.9 Å². The fourth-order valence-corrected chi connectivity index (χ4v) is 4.78. The molecule has 0 aromatic heterocycles. The van der Waals surface area contributed by atoms with E-state index in [0.717, 1.165) is 0 Å². The zero-order valence-corrected chi connectivity index (χ0v) is 14.0.